The molecule has 1 amide bonds. The van der Waals surface area contributed by atoms with Crippen LogP contribution in [0.5, 0.6) is 0 Å². The summed E-state index contributed by atoms with van der Waals surface area (Å²) in [5, 5.41) is 13.2. The maximum absolute atomic E-state index is 13.3. The van der Waals surface area contributed by atoms with Crippen molar-refractivity contribution in [2.45, 2.75) is 32.6 Å². The second-order valence-corrected chi connectivity index (χ2v) is 6.51. The number of benzene rings is 1. The van der Waals surface area contributed by atoms with E-state index < -0.39 is 0 Å². The Morgan fingerprint density at radius 3 is 3.08 bits per heavy atom. The Labute approximate surface area is 145 Å². The third kappa shape index (κ3) is 4.22. The van der Waals surface area contributed by atoms with Crippen LogP contribution in [-0.2, 0) is 11.2 Å². The van der Waals surface area contributed by atoms with E-state index in [1.54, 1.807) is 24.0 Å². The van der Waals surface area contributed by atoms with Crippen LogP contribution in [0, 0.1) is 18.7 Å². The van der Waals surface area contributed by atoms with E-state index in [4.69, 9.17) is 4.52 Å². The van der Waals surface area contributed by atoms with Crippen molar-refractivity contribution in [2.24, 2.45) is 5.92 Å². The summed E-state index contributed by atoms with van der Waals surface area (Å²) in [7, 11) is 0. The van der Waals surface area contributed by atoms with Gasteiger partial charge >= 0.3 is 0 Å². The Morgan fingerprint density at radius 1 is 1.48 bits per heavy atom. The zero-order chi connectivity index (χ0) is 17.8. The molecular formula is C18H22FN3O3. The molecule has 7 heteroatoms. The van der Waals surface area contributed by atoms with Gasteiger partial charge in [-0.25, -0.2) is 4.39 Å². The van der Waals surface area contributed by atoms with E-state index in [1.807, 2.05) is 0 Å². The zero-order valence-corrected chi connectivity index (χ0v) is 14.2. The predicted octanol–water partition coefficient (Wildman–Crippen LogP) is 2.35. The number of rotatable bonds is 5. The molecule has 134 valence electrons. The molecule has 0 bridgehead atoms. The number of amides is 1. The van der Waals surface area contributed by atoms with Crippen molar-refractivity contribution in [1.82, 2.24) is 15.0 Å². The van der Waals surface area contributed by atoms with Crippen LogP contribution in [-0.4, -0.2) is 45.8 Å². The summed E-state index contributed by atoms with van der Waals surface area (Å²) >= 11 is 0. The second kappa shape index (κ2) is 7.74. The summed E-state index contributed by atoms with van der Waals surface area (Å²) in [6, 6.07) is 4.64. The smallest absolute Gasteiger partial charge is 0.227 e. The molecule has 1 atom stereocenters. The third-order valence-electron chi connectivity index (χ3n) is 4.57. The number of likely N-dealkylation sites (tertiary alicyclic amines) is 1. The number of aliphatic hydroxyl groups is 1. The molecule has 2 heterocycles. The number of carbonyl (C=O) groups excluding carboxylic acids is 1. The lowest BCUT2D eigenvalue weighted by atomic mass is 9.99. The number of piperidine rings is 1. The van der Waals surface area contributed by atoms with Gasteiger partial charge in [-0.1, -0.05) is 5.16 Å². The first-order valence-electron chi connectivity index (χ1n) is 8.54. The topological polar surface area (TPSA) is 79.5 Å². The normalized spacial score (nSPS) is 17.7. The number of aryl methyl sites for hydroxylation is 2. The summed E-state index contributed by atoms with van der Waals surface area (Å²) in [6.45, 7) is 3.14. The first kappa shape index (κ1) is 17.5. The molecule has 1 fully saturated rings. The molecule has 1 aromatic carbocycles. The zero-order valence-electron chi connectivity index (χ0n) is 14.2. The van der Waals surface area contributed by atoms with Gasteiger partial charge in [0.25, 0.3) is 0 Å². The van der Waals surface area contributed by atoms with E-state index in [0.717, 1.165) is 19.4 Å². The minimum absolute atomic E-state index is 0.0375. The molecule has 0 radical (unpaired) electrons. The molecule has 2 aromatic rings. The Morgan fingerprint density at radius 2 is 2.32 bits per heavy atom. The van der Waals surface area contributed by atoms with Gasteiger partial charge in [0.2, 0.25) is 17.6 Å². The Kier molecular flexibility index (Phi) is 5.43. The highest BCUT2D eigenvalue weighted by Gasteiger charge is 2.23. The molecule has 1 unspecified atom stereocenters. The largest absolute Gasteiger partial charge is 0.396 e. The van der Waals surface area contributed by atoms with Crippen molar-refractivity contribution in [1.29, 1.82) is 0 Å². The third-order valence-corrected chi connectivity index (χ3v) is 4.57. The van der Waals surface area contributed by atoms with Gasteiger partial charge in [-0.3, -0.25) is 4.79 Å². The molecule has 0 aliphatic carbocycles. The minimum Gasteiger partial charge on any atom is -0.396 e. The van der Waals surface area contributed by atoms with Crippen LogP contribution in [0.1, 0.15) is 30.7 Å². The average Bonchev–Trinajstić information content (AvgIpc) is 3.11. The highest BCUT2D eigenvalue weighted by atomic mass is 19.1. The predicted molar refractivity (Wildman–Crippen MR) is 89.1 cm³/mol. The number of halogens is 1. The fourth-order valence-electron chi connectivity index (χ4n) is 3.07. The maximum atomic E-state index is 13.3. The summed E-state index contributed by atoms with van der Waals surface area (Å²) in [5.74, 6) is 0.718. The lowest BCUT2D eigenvalue weighted by Gasteiger charge is -2.31. The fourth-order valence-corrected chi connectivity index (χ4v) is 3.07. The Bertz CT molecular complexity index is 747. The number of carbonyl (C=O) groups is 1. The number of hydrogen-bond acceptors (Lipinski definition) is 5. The van der Waals surface area contributed by atoms with E-state index in [2.05, 4.69) is 10.1 Å². The molecular weight excluding hydrogens is 325 g/mol. The van der Waals surface area contributed by atoms with Crippen LogP contribution in [0.2, 0.25) is 0 Å². The van der Waals surface area contributed by atoms with Crippen LogP contribution < -0.4 is 0 Å². The molecule has 1 saturated heterocycles. The van der Waals surface area contributed by atoms with Gasteiger partial charge in [-0.15, -0.1) is 0 Å². The molecule has 1 N–H and O–H groups in total. The number of aromatic nitrogens is 2. The van der Waals surface area contributed by atoms with E-state index >= 15 is 0 Å². The standard InChI is InChI=1S/C18H22FN3O3/c1-12-9-14(4-5-15(12)19)18-20-16(25-21-18)6-7-17(24)22-8-2-3-13(10-22)11-23/h4-5,9,13,23H,2-3,6-8,10-11H2,1H3. The highest BCUT2D eigenvalue weighted by molar-refractivity contribution is 5.76. The first-order valence-corrected chi connectivity index (χ1v) is 8.54. The SMILES string of the molecule is Cc1cc(-c2noc(CCC(=O)N3CCCC(CO)C3)n2)ccc1F. The van der Waals surface area contributed by atoms with Crippen molar-refractivity contribution in [3.05, 3.63) is 35.5 Å². The quantitative estimate of drug-likeness (QED) is 0.898. The first-order chi connectivity index (χ1) is 12.1. The van der Waals surface area contributed by atoms with Crippen LogP contribution in [0.25, 0.3) is 11.4 Å². The summed E-state index contributed by atoms with van der Waals surface area (Å²) in [6.07, 6.45) is 2.55. The molecule has 3 rings (SSSR count). The maximum Gasteiger partial charge on any atom is 0.227 e. The van der Waals surface area contributed by atoms with Gasteiger partial charge in [0, 0.05) is 38.1 Å². The van der Waals surface area contributed by atoms with Crippen molar-refractivity contribution >= 4 is 5.91 Å². The molecule has 0 spiro atoms. The molecule has 1 aliphatic rings. The lowest BCUT2D eigenvalue weighted by molar-refractivity contribution is -0.133. The second-order valence-electron chi connectivity index (χ2n) is 6.51. The Hall–Kier alpha value is -2.28. The number of aliphatic hydroxyl groups excluding tert-OH is 1. The molecule has 1 aromatic heterocycles. The van der Waals surface area contributed by atoms with Gasteiger partial charge in [0.15, 0.2) is 0 Å². The van der Waals surface area contributed by atoms with Crippen LogP contribution >= 0.6 is 0 Å². The molecule has 0 saturated carbocycles. The van der Waals surface area contributed by atoms with Crippen molar-refractivity contribution in [2.75, 3.05) is 19.7 Å². The number of hydrogen-bond donors (Lipinski definition) is 1. The van der Waals surface area contributed by atoms with Crippen molar-refractivity contribution in [3.63, 3.8) is 0 Å². The summed E-state index contributed by atoms with van der Waals surface area (Å²) < 4.78 is 18.5. The monoisotopic (exact) mass is 347 g/mol. The molecule has 1 aliphatic heterocycles. The van der Waals surface area contributed by atoms with Crippen LogP contribution in [0.3, 0.4) is 0 Å². The Balaban J connectivity index is 1.58. The van der Waals surface area contributed by atoms with Crippen LogP contribution in [0.4, 0.5) is 4.39 Å². The van der Waals surface area contributed by atoms with Gasteiger partial charge in [0.05, 0.1) is 0 Å². The highest BCUT2D eigenvalue weighted by Crippen LogP contribution is 2.20. The minimum atomic E-state index is -0.277. The lowest BCUT2D eigenvalue weighted by Crippen LogP contribution is -2.41. The van der Waals surface area contributed by atoms with E-state index in [-0.39, 0.29) is 24.2 Å². The van der Waals surface area contributed by atoms with Gasteiger partial charge in [-0.05, 0) is 49.4 Å². The van der Waals surface area contributed by atoms with E-state index in [0.29, 0.717) is 42.2 Å². The van der Waals surface area contributed by atoms with Gasteiger partial charge in [-0.2, -0.15) is 4.98 Å². The van der Waals surface area contributed by atoms with E-state index in [9.17, 15) is 14.3 Å². The van der Waals surface area contributed by atoms with Crippen molar-refractivity contribution in [3.8, 4) is 11.4 Å². The van der Waals surface area contributed by atoms with Gasteiger partial charge < -0.3 is 14.5 Å². The van der Waals surface area contributed by atoms with E-state index in [1.165, 1.54) is 6.07 Å². The summed E-state index contributed by atoms with van der Waals surface area (Å²) in [5.41, 5.74) is 1.20. The van der Waals surface area contributed by atoms with Crippen LogP contribution in [0.15, 0.2) is 22.7 Å². The molecule has 6 nitrogen and oxygen atoms in total. The van der Waals surface area contributed by atoms with Crippen molar-refractivity contribution < 1.29 is 18.8 Å². The number of nitrogens with zero attached hydrogens (tertiary/aromatic N) is 3. The summed E-state index contributed by atoms with van der Waals surface area (Å²) in [4.78, 5) is 18.4. The molecule has 25 heavy (non-hydrogen) atoms. The fraction of sp³-hybridized carbons (Fsp3) is 0.500. The van der Waals surface area contributed by atoms with Gasteiger partial charge in [0.1, 0.15) is 5.82 Å². The average molecular weight is 347 g/mol.